The molecule has 2 rings (SSSR count). The molecular formula is C13H19N3O2. The van der Waals surface area contributed by atoms with Crippen LogP contribution in [0.15, 0.2) is 18.5 Å². The van der Waals surface area contributed by atoms with Crippen molar-refractivity contribution >= 4 is 11.7 Å². The summed E-state index contributed by atoms with van der Waals surface area (Å²) in [5.41, 5.74) is 0.870. The third kappa shape index (κ3) is 3.20. The quantitative estimate of drug-likeness (QED) is 0.831. The van der Waals surface area contributed by atoms with Gasteiger partial charge in [-0.1, -0.05) is 0 Å². The van der Waals surface area contributed by atoms with Crippen LogP contribution in [0.1, 0.15) is 30.1 Å². The van der Waals surface area contributed by atoms with Gasteiger partial charge in [0.25, 0.3) is 0 Å². The summed E-state index contributed by atoms with van der Waals surface area (Å²) in [6, 6.07) is 1.94. The van der Waals surface area contributed by atoms with Crippen LogP contribution >= 0.6 is 0 Å². The summed E-state index contributed by atoms with van der Waals surface area (Å²) in [5.74, 6) is -0.945. The van der Waals surface area contributed by atoms with Crippen molar-refractivity contribution in [3.05, 3.63) is 24.0 Å². The van der Waals surface area contributed by atoms with Gasteiger partial charge in [0.1, 0.15) is 5.56 Å². The molecule has 1 aromatic heterocycles. The van der Waals surface area contributed by atoms with Crippen LogP contribution in [-0.4, -0.2) is 46.6 Å². The molecule has 0 aliphatic carbocycles. The Morgan fingerprint density at radius 2 is 2.28 bits per heavy atom. The van der Waals surface area contributed by atoms with Crippen LogP contribution in [0.5, 0.6) is 0 Å². The minimum Gasteiger partial charge on any atom is -0.478 e. The lowest BCUT2D eigenvalue weighted by Gasteiger charge is -2.22. The van der Waals surface area contributed by atoms with Crippen molar-refractivity contribution in [1.82, 2.24) is 9.88 Å². The molecule has 0 amide bonds. The van der Waals surface area contributed by atoms with Crippen LogP contribution in [0.2, 0.25) is 0 Å². The Hall–Kier alpha value is -1.62. The number of likely N-dealkylation sites (tertiary alicyclic amines) is 1. The number of carboxylic acids is 1. The third-order valence-corrected chi connectivity index (χ3v) is 3.18. The summed E-state index contributed by atoms with van der Waals surface area (Å²) in [7, 11) is 0. The number of nitrogens with one attached hydrogen (secondary N) is 1. The predicted octanol–water partition coefficient (Wildman–Crippen LogP) is 1.68. The normalized spacial score (nSPS) is 17.6. The largest absolute Gasteiger partial charge is 0.478 e. The second-order valence-electron chi connectivity index (χ2n) is 4.78. The maximum absolute atomic E-state index is 11.1. The zero-order valence-corrected chi connectivity index (χ0v) is 10.6. The van der Waals surface area contributed by atoms with Gasteiger partial charge in [0.2, 0.25) is 0 Å². The minimum absolute atomic E-state index is 0.226. The van der Waals surface area contributed by atoms with E-state index in [0.29, 0.717) is 5.69 Å². The van der Waals surface area contributed by atoms with E-state index in [0.717, 1.165) is 19.6 Å². The van der Waals surface area contributed by atoms with Crippen LogP contribution in [0, 0.1) is 0 Å². The molecule has 2 N–H and O–H groups in total. The van der Waals surface area contributed by atoms with E-state index in [-0.39, 0.29) is 11.6 Å². The van der Waals surface area contributed by atoms with Gasteiger partial charge in [-0.2, -0.15) is 0 Å². The van der Waals surface area contributed by atoms with E-state index in [2.05, 4.69) is 22.1 Å². The van der Waals surface area contributed by atoms with Crippen molar-refractivity contribution in [3.8, 4) is 0 Å². The van der Waals surface area contributed by atoms with Gasteiger partial charge in [0.15, 0.2) is 0 Å². The molecule has 0 saturated carbocycles. The predicted molar refractivity (Wildman–Crippen MR) is 70.0 cm³/mol. The number of nitrogens with zero attached hydrogens (tertiary/aromatic N) is 2. The summed E-state index contributed by atoms with van der Waals surface area (Å²) in [4.78, 5) is 17.3. The molecule has 1 atom stereocenters. The first-order valence-electron chi connectivity index (χ1n) is 6.33. The molecule has 1 aromatic rings. The lowest BCUT2D eigenvalue weighted by Crippen LogP contribution is -2.33. The second-order valence-corrected chi connectivity index (χ2v) is 4.78. The number of rotatable bonds is 5. The molecule has 2 heterocycles. The van der Waals surface area contributed by atoms with E-state index in [1.54, 1.807) is 12.3 Å². The highest BCUT2D eigenvalue weighted by Crippen LogP contribution is 2.16. The van der Waals surface area contributed by atoms with Crippen molar-refractivity contribution in [3.63, 3.8) is 0 Å². The Labute approximate surface area is 107 Å². The lowest BCUT2D eigenvalue weighted by atomic mass is 10.2. The van der Waals surface area contributed by atoms with Gasteiger partial charge in [-0.15, -0.1) is 0 Å². The Bertz CT molecular complexity index is 416. The molecule has 0 aromatic carbocycles. The van der Waals surface area contributed by atoms with Crippen LogP contribution in [0.3, 0.4) is 0 Å². The topological polar surface area (TPSA) is 65.5 Å². The molecule has 0 radical (unpaired) electrons. The molecule has 5 heteroatoms. The minimum atomic E-state index is -0.945. The molecule has 0 bridgehead atoms. The van der Waals surface area contributed by atoms with Gasteiger partial charge in [-0.05, 0) is 38.9 Å². The average molecular weight is 249 g/mol. The zero-order valence-electron chi connectivity index (χ0n) is 10.6. The fraction of sp³-hybridized carbons (Fsp3) is 0.538. The maximum atomic E-state index is 11.1. The smallest absolute Gasteiger partial charge is 0.339 e. The molecule has 0 spiro atoms. The van der Waals surface area contributed by atoms with Crippen LogP contribution < -0.4 is 5.32 Å². The molecule has 1 aliphatic heterocycles. The van der Waals surface area contributed by atoms with Gasteiger partial charge in [0, 0.05) is 25.0 Å². The number of hydrogen-bond donors (Lipinski definition) is 2. The molecular weight excluding hydrogens is 230 g/mol. The maximum Gasteiger partial charge on any atom is 0.339 e. The summed E-state index contributed by atoms with van der Waals surface area (Å²) >= 11 is 0. The molecule has 98 valence electrons. The summed E-state index contributed by atoms with van der Waals surface area (Å²) in [6.07, 6.45) is 5.52. The molecule has 1 fully saturated rings. The lowest BCUT2D eigenvalue weighted by molar-refractivity contribution is 0.0697. The summed E-state index contributed by atoms with van der Waals surface area (Å²) in [6.45, 7) is 5.31. The van der Waals surface area contributed by atoms with E-state index in [4.69, 9.17) is 5.11 Å². The first kappa shape index (κ1) is 12.8. The van der Waals surface area contributed by atoms with E-state index in [1.165, 1.54) is 19.0 Å². The van der Waals surface area contributed by atoms with Crippen molar-refractivity contribution < 1.29 is 9.90 Å². The second kappa shape index (κ2) is 5.82. The van der Waals surface area contributed by atoms with E-state index in [1.807, 2.05) is 0 Å². The zero-order chi connectivity index (χ0) is 13.0. The van der Waals surface area contributed by atoms with Crippen molar-refractivity contribution in [1.29, 1.82) is 0 Å². The Kier molecular flexibility index (Phi) is 4.15. The number of anilines is 1. The van der Waals surface area contributed by atoms with Crippen molar-refractivity contribution in [2.75, 3.05) is 25.0 Å². The molecule has 1 aliphatic rings. The molecule has 5 nitrogen and oxygen atoms in total. The number of aromatic carboxylic acids is 1. The number of aromatic nitrogens is 1. The van der Waals surface area contributed by atoms with Crippen molar-refractivity contribution in [2.24, 2.45) is 0 Å². The standard InChI is InChI=1S/C13H19N3O2/c1-10(9-16-6-2-3-7-16)15-12-4-5-14-8-11(12)13(17)18/h4-5,8,10H,2-3,6-7,9H2,1H3,(H,14,15)(H,17,18). The van der Waals surface area contributed by atoms with E-state index < -0.39 is 5.97 Å². The molecule has 18 heavy (non-hydrogen) atoms. The van der Waals surface area contributed by atoms with Crippen LogP contribution in [-0.2, 0) is 0 Å². The van der Waals surface area contributed by atoms with Gasteiger partial charge in [-0.3, -0.25) is 4.98 Å². The average Bonchev–Trinajstić information content (AvgIpc) is 2.82. The van der Waals surface area contributed by atoms with Crippen molar-refractivity contribution in [2.45, 2.75) is 25.8 Å². The van der Waals surface area contributed by atoms with Gasteiger partial charge in [0.05, 0.1) is 5.69 Å². The van der Waals surface area contributed by atoms with Crippen LogP contribution in [0.4, 0.5) is 5.69 Å². The Balaban J connectivity index is 1.97. The number of carbonyl (C=O) groups is 1. The Morgan fingerprint density at radius 3 is 2.94 bits per heavy atom. The summed E-state index contributed by atoms with van der Waals surface area (Å²) in [5, 5.41) is 12.3. The third-order valence-electron chi connectivity index (χ3n) is 3.18. The van der Waals surface area contributed by atoms with E-state index >= 15 is 0 Å². The van der Waals surface area contributed by atoms with E-state index in [9.17, 15) is 4.79 Å². The highest BCUT2D eigenvalue weighted by atomic mass is 16.4. The number of carboxylic acid groups (broad SMARTS) is 1. The van der Waals surface area contributed by atoms with Gasteiger partial charge < -0.3 is 15.3 Å². The fourth-order valence-corrected chi connectivity index (χ4v) is 2.35. The fourth-order valence-electron chi connectivity index (χ4n) is 2.35. The Morgan fingerprint density at radius 1 is 1.56 bits per heavy atom. The monoisotopic (exact) mass is 249 g/mol. The SMILES string of the molecule is CC(CN1CCCC1)Nc1ccncc1C(=O)O. The molecule has 1 unspecified atom stereocenters. The highest BCUT2D eigenvalue weighted by molar-refractivity contribution is 5.93. The number of hydrogen-bond acceptors (Lipinski definition) is 4. The molecule has 1 saturated heterocycles. The first-order valence-corrected chi connectivity index (χ1v) is 6.33. The highest BCUT2D eigenvalue weighted by Gasteiger charge is 2.16. The number of pyridine rings is 1. The van der Waals surface area contributed by atoms with Crippen LogP contribution in [0.25, 0.3) is 0 Å². The van der Waals surface area contributed by atoms with Gasteiger partial charge in [-0.25, -0.2) is 4.79 Å². The summed E-state index contributed by atoms with van der Waals surface area (Å²) < 4.78 is 0. The first-order chi connectivity index (χ1) is 8.66. The van der Waals surface area contributed by atoms with Gasteiger partial charge >= 0.3 is 5.97 Å².